The van der Waals surface area contributed by atoms with Gasteiger partial charge in [-0.15, -0.1) is 23.7 Å². The molecule has 21 heavy (non-hydrogen) atoms. The first-order valence-electron chi connectivity index (χ1n) is 7.27. The molecule has 2 heterocycles. The van der Waals surface area contributed by atoms with Crippen LogP contribution >= 0.6 is 23.7 Å². The van der Waals surface area contributed by atoms with E-state index in [0.29, 0.717) is 6.04 Å². The Labute approximate surface area is 137 Å². The molecule has 1 saturated heterocycles. The van der Waals surface area contributed by atoms with Crippen LogP contribution in [-0.4, -0.2) is 42.0 Å². The molecule has 0 saturated carbocycles. The smallest absolute Gasteiger partial charge is 0.265 e. The first-order chi connectivity index (χ1) is 9.32. The van der Waals surface area contributed by atoms with Gasteiger partial charge in [0.05, 0.1) is 10.7 Å². The van der Waals surface area contributed by atoms with E-state index in [4.69, 9.17) is 0 Å². The first-order valence-corrected chi connectivity index (χ1v) is 8.09. The number of nitrogens with one attached hydrogen (secondary N) is 1. The van der Waals surface area contributed by atoms with E-state index in [1.165, 1.54) is 0 Å². The summed E-state index contributed by atoms with van der Waals surface area (Å²) in [6.45, 7) is 10.0. The maximum Gasteiger partial charge on any atom is 0.265 e. The number of likely N-dealkylation sites (tertiary alicyclic amines) is 1. The van der Waals surface area contributed by atoms with E-state index in [1.807, 2.05) is 18.9 Å². The Morgan fingerprint density at radius 3 is 2.62 bits per heavy atom. The second-order valence-corrected chi connectivity index (χ2v) is 7.56. The molecular weight excluding hydrogens is 306 g/mol. The van der Waals surface area contributed by atoms with Gasteiger partial charge < -0.3 is 10.2 Å². The molecule has 1 amide bonds. The highest BCUT2D eigenvalue weighted by molar-refractivity contribution is 7.14. The van der Waals surface area contributed by atoms with Crippen molar-refractivity contribution in [2.24, 2.45) is 0 Å². The van der Waals surface area contributed by atoms with Crippen molar-refractivity contribution in [1.29, 1.82) is 0 Å². The van der Waals surface area contributed by atoms with Crippen LogP contribution in [0.15, 0.2) is 0 Å². The third-order valence-electron chi connectivity index (χ3n) is 3.75. The molecular formula is C15H26ClN3OS. The molecule has 1 N–H and O–H groups in total. The highest BCUT2D eigenvalue weighted by Crippen LogP contribution is 2.30. The van der Waals surface area contributed by atoms with E-state index < -0.39 is 0 Å². The molecule has 1 aromatic heterocycles. The minimum absolute atomic E-state index is 0. The number of hydrogen-bond acceptors (Lipinski definition) is 4. The normalized spacial score (nSPS) is 19.3. The number of nitrogens with zero attached hydrogens (tertiary/aromatic N) is 2. The highest BCUT2D eigenvalue weighted by Gasteiger charge is 2.28. The zero-order valence-electron chi connectivity index (χ0n) is 13.5. The summed E-state index contributed by atoms with van der Waals surface area (Å²) in [6.07, 6.45) is 2.22. The average molecular weight is 332 g/mol. The molecule has 0 bridgehead atoms. The fourth-order valence-corrected chi connectivity index (χ4v) is 3.55. The molecule has 1 atom stereocenters. The second-order valence-electron chi connectivity index (χ2n) is 6.56. The number of rotatable bonds is 2. The Morgan fingerprint density at radius 1 is 1.43 bits per heavy atom. The Kier molecular flexibility index (Phi) is 6.20. The van der Waals surface area contributed by atoms with E-state index in [-0.39, 0.29) is 23.7 Å². The summed E-state index contributed by atoms with van der Waals surface area (Å²) in [4.78, 5) is 20.1. The van der Waals surface area contributed by atoms with Crippen molar-refractivity contribution in [3.05, 3.63) is 15.6 Å². The molecule has 1 fully saturated rings. The summed E-state index contributed by atoms with van der Waals surface area (Å²) >= 11 is 1.55. The molecule has 6 heteroatoms. The number of aryl methyl sites for hydroxylation is 1. The molecule has 2 rings (SSSR count). The molecule has 0 radical (unpaired) electrons. The number of piperidine rings is 1. The van der Waals surface area contributed by atoms with Gasteiger partial charge in [-0.1, -0.05) is 20.8 Å². The maximum atomic E-state index is 12.7. The third-order valence-corrected chi connectivity index (χ3v) is 5.32. The number of thiazole rings is 1. The number of hydrogen-bond donors (Lipinski definition) is 1. The minimum Gasteiger partial charge on any atom is -0.336 e. The third kappa shape index (κ3) is 4.18. The summed E-state index contributed by atoms with van der Waals surface area (Å²) < 4.78 is 0. The van der Waals surface area contributed by atoms with E-state index >= 15 is 0 Å². The maximum absolute atomic E-state index is 12.7. The average Bonchev–Trinajstić information content (AvgIpc) is 2.80. The van der Waals surface area contributed by atoms with Crippen LogP contribution in [0.1, 0.15) is 54.0 Å². The first kappa shape index (κ1) is 18.4. The zero-order valence-corrected chi connectivity index (χ0v) is 15.2. The molecule has 1 aliphatic rings. The fourth-order valence-electron chi connectivity index (χ4n) is 2.46. The van der Waals surface area contributed by atoms with E-state index in [1.54, 1.807) is 11.3 Å². The molecule has 0 aliphatic carbocycles. The van der Waals surface area contributed by atoms with Gasteiger partial charge in [-0.3, -0.25) is 4.79 Å². The van der Waals surface area contributed by atoms with Gasteiger partial charge in [-0.05, 0) is 26.8 Å². The minimum atomic E-state index is 0. The van der Waals surface area contributed by atoms with Crippen molar-refractivity contribution in [3.8, 4) is 0 Å². The van der Waals surface area contributed by atoms with Gasteiger partial charge >= 0.3 is 0 Å². The molecule has 1 aromatic rings. The topological polar surface area (TPSA) is 45.2 Å². The van der Waals surface area contributed by atoms with Crippen molar-refractivity contribution in [2.75, 3.05) is 20.1 Å². The lowest BCUT2D eigenvalue weighted by Crippen LogP contribution is -2.46. The second kappa shape index (κ2) is 7.07. The Morgan fingerprint density at radius 2 is 2.10 bits per heavy atom. The standard InChI is InChI=1S/C15H25N3OS.ClH/c1-10-12(20-14(17-10)15(2,3)4)13(19)18-8-6-7-11(9-18)16-5;/h11,16H,6-9H2,1-5H3;1H. The Balaban J connectivity index is 0.00000220. The molecule has 0 aromatic carbocycles. The van der Waals surface area contributed by atoms with Crippen molar-refractivity contribution in [3.63, 3.8) is 0 Å². The molecule has 120 valence electrons. The number of carbonyl (C=O) groups excluding carboxylic acids is 1. The van der Waals surface area contributed by atoms with Gasteiger partial charge in [0.2, 0.25) is 0 Å². The van der Waals surface area contributed by atoms with Crippen molar-refractivity contribution in [1.82, 2.24) is 15.2 Å². The van der Waals surface area contributed by atoms with Crippen molar-refractivity contribution >= 4 is 29.7 Å². The SMILES string of the molecule is CNC1CCCN(C(=O)c2sc(C(C)(C)C)nc2C)C1.Cl. The Bertz CT molecular complexity index is 496. The van der Waals surface area contributed by atoms with Gasteiger partial charge in [0.25, 0.3) is 5.91 Å². The molecule has 1 unspecified atom stereocenters. The summed E-state index contributed by atoms with van der Waals surface area (Å²) in [5.74, 6) is 0.149. The summed E-state index contributed by atoms with van der Waals surface area (Å²) in [5, 5.41) is 4.32. The lowest BCUT2D eigenvalue weighted by molar-refractivity contribution is 0.0702. The number of amides is 1. The molecule has 4 nitrogen and oxygen atoms in total. The number of carbonyl (C=O) groups is 1. The Hall–Kier alpha value is -0.650. The van der Waals surface area contributed by atoms with E-state index in [2.05, 4.69) is 31.1 Å². The number of likely N-dealkylation sites (N-methyl/N-ethyl adjacent to an activating group) is 1. The van der Waals surface area contributed by atoms with Crippen LogP contribution < -0.4 is 5.32 Å². The van der Waals surface area contributed by atoms with E-state index in [9.17, 15) is 4.79 Å². The van der Waals surface area contributed by atoms with Crippen LogP contribution in [0.5, 0.6) is 0 Å². The lowest BCUT2D eigenvalue weighted by atomic mass is 9.98. The van der Waals surface area contributed by atoms with Gasteiger partial charge in [0.15, 0.2) is 0 Å². The largest absolute Gasteiger partial charge is 0.336 e. The predicted molar refractivity (Wildman–Crippen MR) is 90.8 cm³/mol. The van der Waals surface area contributed by atoms with Crippen molar-refractivity contribution in [2.45, 2.75) is 52.0 Å². The van der Waals surface area contributed by atoms with Crippen LogP contribution in [0.4, 0.5) is 0 Å². The zero-order chi connectivity index (χ0) is 14.9. The monoisotopic (exact) mass is 331 g/mol. The number of halogens is 1. The van der Waals surface area contributed by atoms with Gasteiger partial charge in [0.1, 0.15) is 4.88 Å². The van der Waals surface area contributed by atoms with Gasteiger partial charge in [0, 0.05) is 24.5 Å². The van der Waals surface area contributed by atoms with Crippen LogP contribution in [0.25, 0.3) is 0 Å². The highest BCUT2D eigenvalue weighted by atomic mass is 35.5. The lowest BCUT2D eigenvalue weighted by Gasteiger charge is -2.32. The summed E-state index contributed by atoms with van der Waals surface area (Å²) in [7, 11) is 1.97. The van der Waals surface area contributed by atoms with Gasteiger partial charge in [-0.25, -0.2) is 4.98 Å². The summed E-state index contributed by atoms with van der Waals surface area (Å²) in [6, 6.07) is 0.419. The van der Waals surface area contributed by atoms with Crippen LogP contribution in [0, 0.1) is 6.92 Å². The quantitative estimate of drug-likeness (QED) is 0.906. The van der Waals surface area contributed by atoms with Crippen LogP contribution in [0.2, 0.25) is 0 Å². The molecule has 1 aliphatic heterocycles. The summed E-state index contributed by atoms with van der Waals surface area (Å²) in [5.41, 5.74) is 0.875. The fraction of sp³-hybridized carbons (Fsp3) is 0.733. The van der Waals surface area contributed by atoms with E-state index in [0.717, 1.165) is 41.5 Å². The van der Waals surface area contributed by atoms with Crippen LogP contribution in [-0.2, 0) is 5.41 Å². The van der Waals surface area contributed by atoms with Crippen LogP contribution in [0.3, 0.4) is 0 Å². The predicted octanol–water partition coefficient (Wildman–Crippen LogP) is 2.99. The number of aromatic nitrogens is 1. The van der Waals surface area contributed by atoms with Gasteiger partial charge in [-0.2, -0.15) is 0 Å². The molecule has 0 spiro atoms. The van der Waals surface area contributed by atoms with Crippen molar-refractivity contribution < 1.29 is 4.79 Å².